The standard InChI is InChI=1S/C14H21ClN2O2/c1-11(2)5-3-4-8-16-10-12-6-7-13(17(18)19)9-14(12)15/h6-7,9,11,16H,3-5,8,10H2,1-2H3. The monoisotopic (exact) mass is 284 g/mol. The van der Waals surface area contributed by atoms with Gasteiger partial charge in [0.15, 0.2) is 0 Å². The first kappa shape index (κ1) is 15.9. The maximum atomic E-state index is 10.6. The first-order chi connectivity index (χ1) is 9.00. The van der Waals surface area contributed by atoms with Crippen molar-refractivity contribution in [3.8, 4) is 0 Å². The number of halogens is 1. The number of hydrogen-bond acceptors (Lipinski definition) is 3. The summed E-state index contributed by atoms with van der Waals surface area (Å²) < 4.78 is 0. The smallest absolute Gasteiger partial charge is 0.270 e. The second-order valence-electron chi connectivity index (χ2n) is 5.10. The van der Waals surface area contributed by atoms with Crippen LogP contribution in [0, 0.1) is 16.0 Å². The molecular weight excluding hydrogens is 264 g/mol. The van der Waals surface area contributed by atoms with Crippen LogP contribution in [0.15, 0.2) is 18.2 Å². The molecule has 1 aromatic rings. The van der Waals surface area contributed by atoms with Crippen molar-refractivity contribution >= 4 is 17.3 Å². The van der Waals surface area contributed by atoms with E-state index in [1.165, 1.54) is 25.0 Å². The van der Waals surface area contributed by atoms with E-state index >= 15 is 0 Å². The summed E-state index contributed by atoms with van der Waals surface area (Å²) in [5.74, 6) is 0.754. The highest BCUT2D eigenvalue weighted by atomic mass is 35.5. The molecule has 0 atom stereocenters. The number of rotatable bonds is 8. The Hall–Kier alpha value is -1.13. The van der Waals surface area contributed by atoms with Gasteiger partial charge in [-0.25, -0.2) is 0 Å². The van der Waals surface area contributed by atoms with Gasteiger partial charge >= 0.3 is 0 Å². The highest BCUT2D eigenvalue weighted by Gasteiger charge is 2.08. The van der Waals surface area contributed by atoms with Crippen molar-refractivity contribution in [2.45, 2.75) is 39.7 Å². The molecule has 0 bridgehead atoms. The van der Waals surface area contributed by atoms with Crippen LogP contribution in [0.1, 0.15) is 38.7 Å². The minimum absolute atomic E-state index is 0.0330. The molecule has 0 amide bonds. The van der Waals surface area contributed by atoms with Gasteiger partial charge in [-0.3, -0.25) is 10.1 Å². The lowest BCUT2D eigenvalue weighted by molar-refractivity contribution is -0.384. The zero-order chi connectivity index (χ0) is 14.3. The van der Waals surface area contributed by atoms with Crippen LogP contribution in [0.4, 0.5) is 5.69 Å². The fourth-order valence-electron chi connectivity index (χ4n) is 1.82. The molecule has 1 rings (SSSR count). The quantitative estimate of drug-likeness (QED) is 0.443. The number of nitrogens with one attached hydrogen (secondary N) is 1. The second-order valence-corrected chi connectivity index (χ2v) is 5.51. The van der Waals surface area contributed by atoms with Crippen molar-refractivity contribution in [3.05, 3.63) is 38.9 Å². The molecule has 0 aliphatic carbocycles. The summed E-state index contributed by atoms with van der Waals surface area (Å²) in [6.07, 6.45) is 3.61. The van der Waals surface area contributed by atoms with Crippen LogP contribution in [-0.2, 0) is 6.54 Å². The minimum atomic E-state index is -0.436. The van der Waals surface area contributed by atoms with Crippen LogP contribution < -0.4 is 5.32 Å². The van der Waals surface area contributed by atoms with Crippen LogP contribution >= 0.6 is 11.6 Å². The SMILES string of the molecule is CC(C)CCCCNCc1ccc([N+](=O)[O-])cc1Cl. The van der Waals surface area contributed by atoms with Gasteiger partial charge in [0.25, 0.3) is 5.69 Å². The molecule has 106 valence electrons. The molecule has 19 heavy (non-hydrogen) atoms. The molecule has 0 saturated heterocycles. The van der Waals surface area contributed by atoms with E-state index in [0.29, 0.717) is 11.6 Å². The molecule has 1 N–H and O–H groups in total. The number of nitrogens with zero attached hydrogens (tertiary/aromatic N) is 1. The molecule has 0 unspecified atom stereocenters. The van der Waals surface area contributed by atoms with Crippen molar-refractivity contribution in [1.82, 2.24) is 5.32 Å². The van der Waals surface area contributed by atoms with Crippen molar-refractivity contribution < 1.29 is 4.92 Å². The molecule has 4 nitrogen and oxygen atoms in total. The van der Waals surface area contributed by atoms with E-state index in [9.17, 15) is 10.1 Å². The van der Waals surface area contributed by atoms with Crippen LogP contribution in [0.2, 0.25) is 5.02 Å². The number of nitro groups is 1. The van der Waals surface area contributed by atoms with E-state index in [2.05, 4.69) is 19.2 Å². The molecule has 0 spiro atoms. The molecule has 0 aliphatic heterocycles. The Kier molecular flexibility index (Phi) is 6.81. The van der Waals surface area contributed by atoms with Gasteiger partial charge in [-0.1, -0.05) is 38.3 Å². The minimum Gasteiger partial charge on any atom is -0.313 e. The van der Waals surface area contributed by atoms with Crippen molar-refractivity contribution in [2.24, 2.45) is 5.92 Å². The normalized spacial score (nSPS) is 10.9. The van der Waals surface area contributed by atoms with Gasteiger partial charge < -0.3 is 5.32 Å². The summed E-state index contributed by atoms with van der Waals surface area (Å²) in [4.78, 5) is 10.1. The topological polar surface area (TPSA) is 55.2 Å². The van der Waals surface area contributed by atoms with Gasteiger partial charge in [-0.15, -0.1) is 0 Å². The van der Waals surface area contributed by atoms with Gasteiger partial charge in [-0.05, 0) is 30.5 Å². The number of nitro benzene ring substituents is 1. The fourth-order valence-corrected chi connectivity index (χ4v) is 2.06. The maximum Gasteiger partial charge on any atom is 0.270 e. The summed E-state index contributed by atoms with van der Waals surface area (Å²) in [5.41, 5.74) is 0.932. The van der Waals surface area contributed by atoms with Crippen LogP contribution in [0.25, 0.3) is 0 Å². The predicted octanol–water partition coefficient (Wildman–Crippen LogP) is 4.16. The molecule has 0 aromatic heterocycles. The van der Waals surface area contributed by atoms with Crippen LogP contribution in [0.5, 0.6) is 0 Å². The average molecular weight is 285 g/mol. The molecule has 0 radical (unpaired) electrons. The third-order valence-electron chi connectivity index (χ3n) is 2.95. The van der Waals surface area contributed by atoms with Crippen molar-refractivity contribution in [2.75, 3.05) is 6.54 Å². The summed E-state index contributed by atoms with van der Waals surface area (Å²) >= 11 is 6.01. The van der Waals surface area contributed by atoms with Gasteiger partial charge in [0.1, 0.15) is 0 Å². The Bertz CT molecular complexity index is 422. The highest BCUT2D eigenvalue weighted by molar-refractivity contribution is 6.31. The highest BCUT2D eigenvalue weighted by Crippen LogP contribution is 2.22. The maximum absolute atomic E-state index is 10.6. The molecule has 5 heteroatoms. The largest absolute Gasteiger partial charge is 0.313 e. The fraction of sp³-hybridized carbons (Fsp3) is 0.571. The number of unbranched alkanes of at least 4 members (excludes halogenated alkanes) is 1. The van der Waals surface area contributed by atoms with Crippen molar-refractivity contribution in [1.29, 1.82) is 0 Å². The Morgan fingerprint density at radius 2 is 2.11 bits per heavy atom. The van der Waals surface area contributed by atoms with Gasteiger partial charge in [0.05, 0.1) is 9.95 Å². The lowest BCUT2D eigenvalue weighted by atomic mass is 10.1. The van der Waals surface area contributed by atoms with E-state index in [1.54, 1.807) is 6.07 Å². The Morgan fingerprint density at radius 1 is 1.37 bits per heavy atom. The lowest BCUT2D eigenvalue weighted by Crippen LogP contribution is -2.15. The van der Waals surface area contributed by atoms with E-state index in [-0.39, 0.29) is 5.69 Å². The third kappa shape index (κ3) is 6.03. The Labute approximate surface area is 119 Å². The summed E-state index contributed by atoms with van der Waals surface area (Å²) in [6, 6.07) is 4.60. The van der Waals surface area contributed by atoms with Gasteiger partial charge in [0.2, 0.25) is 0 Å². The predicted molar refractivity (Wildman–Crippen MR) is 78.5 cm³/mol. The lowest BCUT2D eigenvalue weighted by Gasteiger charge is -2.07. The summed E-state index contributed by atoms with van der Waals surface area (Å²) in [5, 5.41) is 14.3. The first-order valence-electron chi connectivity index (χ1n) is 6.64. The van der Waals surface area contributed by atoms with E-state index in [0.717, 1.165) is 24.4 Å². The zero-order valence-electron chi connectivity index (χ0n) is 11.5. The molecule has 0 saturated carbocycles. The van der Waals surface area contributed by atoms with Gasteiger partial charge in [0, 0.05) is 18.7 Å². The molecule has 0 heterocycles. The summed E-state index contributed by atoms with van der Waals surface area (Å²) in [6.45, 7) is 6.05. The van der Waals surface area contributed by atoms with E-state index in [4.69, 9.17) is 11.6 Å². The Morgan fingerprint density at radius 3 is 2.68 bits per heavy atom. The number of benzene rings is 1. The Balaban J connectivity index is 2.32. The van der Waals surface area contributed by atoms with Gasteiger partial charge in [-0.2, -0.15) is 0 Å². The third-order valence-corrected chi connectivity index (χ3v) is 3.30. The molecule has 0 fully saturated rings. The van der Waals surface area contributed by atoms with E-state index < -0.39 is 4.92 Å². The number of non-ortho nitro benzene ring substituents is 1. The molecule has 1 aromatic carbocycles. The van der Waals surface area contributed by atoms with Crippen molar-refractivity contribution in [3.63, 3.8) is 0 Å². The zero-order valence-corrected chi connectivity index (χ0v) is 12.2. The first-order valence-corrected chi connectivity index (χ1v) is 7.02. The van der Waals surface area contributed by atoms with Crippen LogP contribution in [0.3, 0.4) is 0 Å². The molecule has 0 aliphatic rings. The second kappa shape index (κ2) is 8.12. The average Bonchev–Trinajstić information content (AvgIpc) is 2.34. The van der Waals surface area contributed by atoms with E-state index in [1.807, 2.05) is 0 Å². The van der Waals surface area contributed by atoms with Crippen LogP contribution in [-0.4, -0.2) is 11.5 Å². The molecular formula is C14H21ClN2O2. The summed E-state index contributed by atoms with van der Waals surface area (Å²) in [7, 11) is 0. The number of hydrogen-bond donors (Lipinski definition) is 1.